The van der Waals surface area contributed by atoms with E-state index in [-0.39, 0.29) is 11.9 Å². The predicted molar refractivity (Wildman–Crippen MR) is 226 cm³/mol. The van der Waals surface area contributed by atoms with E-state index in [0.29, 0.717) is 11.6 Å². The lowest BCUT2D eigenvalue weighted by Gasteiger charge is -2.42. The number of unbranched alkanes of at least 4 members (excludes halogenated alkanes) is 1. The van der Waals surface area contributed by atoms with Crippen molar-refractivity contribution in [3.8, 4) is 0 Å². The highest BCUT2D eigenvalue weighted by Gasteiger charge is 2.49. The Balaban J connectivity index is 0.00000222. The maximum Gasteiger partial charge on any atom is 0.237 e. The van der Waals surface area contributed by atoms with Crippen molar-refractivity contribution < 1.29 is 9.18 Å². The fraction of sp³-hybridized carbons (Fsp3) is 0.565. The van der Waals surface area contributed by atoms with Crippen molar-refractivity contribution in [2.75, 3.05) is 4.90 Å². The topological polar surface area (TPSA) is 44.7 Å². The Hall–Kier alpha value is -3.47. The lowest BCUT2D eigenvalue weighted by atomic mass is 9.76. The number of allylic oxidation sites excluding steroid dienone is 8. The summed E-state index contributed by atoms with van der Waals surface area (Å²) in [5, 5.41) is 3.21. The minimum absolute atomic E-state index is 0.187. The lowest BCUT2D eigenvalue weighted by Crippen LogP contribution is -2.49. The first-order valence-corrected chi connectivity index (χ1v) is 19.5. The quantitative estimate of drug-likeness (QED) is 0.164. The number of rotatable bonds is 13. The maximum absolute atomic E-state index is 14.5. The molecule has 0 spiro atoms. The van der Waals surface area contributed by atoms with Gasteiger partial charge in [-0.2, -0.15) is 0 Å². The lowest BCUT2D eigenvalue weighted by molar-refractivity contribution is -0.123. The Morgan fingerprint density at radius 2 is 1.59 bits per heavy atom. The van der Waals surface area contributed by atoms with E-state index in [1.807, 2.05) is 74.6 Å². The highest BCUT2D eigenvalue weighted by Crippen LogP contribution is 2.48. The molecule has 1 amide bonds. The zero-order valence-electron chi connectivity index (χ0n) is 35.3. The van der Waals surface area contributed by atoms with Gasteiger partial charge < -0.3 is 10.2 Å². The van der Waals surface area contributed by atoms with E-state index in [1.165, 1.54) is 31.8 Å². The second kappa shape index (κ2) is 23.9. The normalized spacial score (nSPS) is 18.4. The van der Waals surface area contributed by atoms with Crippen LogP contribution in [0.3, 0.4) is 0 Å². The molecule has 51 heavy (non-hydrogen) atoms. The number of hydrogen-bond acceptors (Lipinski definition) is 3. The Morgan fingerprint density at radius 3 is 2.06 bits per heavy atom. The van der Waals surface area contributed by atoms with Gasteiger partial charge in [0.15, 0.2) is 0 Å². The molecule has 5 heteroatoms. The third kappa shape index (κ3) is 14.6. The van der Waals surface area contributed by atoms with Gasteiger partial charge in [-0.15, -0.1) is 0 Å². The van der Waals surface area contributed by atoms with E-state index in [2.05, 4.69) is 83.1 Å². The summed E-state index contributed by atoms with van der Waals surface area (Å²) in [5.41, 5.74) is 7.02. The molecule has 0 saturated heterocycles. The van der Waals surface area contributed by atoms with Crippen LogP contribution in [0, 0.1) is 11.8 Å². The van der Waals surface area contributed by atoms with E-state index in [1.54, 1.807) is 6.08 Å². The number of carbonyl (C=O) groups is 1. The van der Waals surface area contributed by atoms with Crippen LogP contribution in [0.2, 0.25) is 0 Å². The molecule has 0 radical (unpaired) electrons. The molecule has 0 unspecified atom stereocenters. The van der Waals surface area contributed by atoms with Gasteiger partial charge in [-0.05, 0) is 119 Å². The number of halogens is 1. The number of nitrogens with one attached hydrogen (secondary N) is 1. The standard InChI is InChI=1S/C36H48FN3O.2C4H10.C2H6/c1-11-14-27-20-29(21-27)40-34-22-28(15-16-30(34)36(9,10)35(40)41)24(6)19-32(38-17-12-2)25(7)26(8)39-33(18-23(4)5)31(37)13-3;1-4(2)3;1-3-4-2;1-2/h13,15-19,22,27,29,39H,3,6,11-12,14,20-21H2,1-2,4-5,7-10H3;4H,1-3H3;3-4H2,1-2H3;1-2H3/b26-25+,32-19+,33-31-,38-17?;;;. The summed E-state index contributed by atoms with van der Waals surface area (Å²) in [5.74, 6) is 1.31. The second-order valence-electron chi connectivity index (χ2n) is 14.9. The van der Waals surface area contributed by atoms with Crippen LogP contribution in [0.15, 0.2) is 88.6 Å². The Kier molecular flexibility index (Phi) is 22.3. The molecule has 1 aromatic carbocycles. The first kappa shape index (κ1) is 47.5. The summed E-state index contributed by atoms with van der Waals surface area (Å²) in [4.78, 5) is 20.4. The number of hydrogen-bond donors (Lipinski definition) is 1. The molecule has 0 atom stereocenters. The van der Waals surface area contributed by atoms with E-state index >= 15 is 0 Å². The highest BCUT2D eigenvalue weighted by atomic mass is 19.1. The average molecular weight is 704 g/mol. The third-order valence-electron chi connectivity index (χ3n) is 8.69. The molecule has 0 bridgehead atoms. The molecule has 1 aromatic rings. The zero-order valence-corrected chi connectivity index (χ0v) is 35.3. The summed E-state index contributed by atoms with van der Waals surface area (Å²) in [7, 11) is 0. The number of aliphatic imine (C=N–C) groups is 1. The van der Waals surface area contributed by atoms with Crippen molar-refractivity contribution >= 4 is 23.4 Å². The average Bonchev–Trinajstić information content (AvgIpc) is 3.27. The molecule has 0 aromatic heterocycles. The van der Waals surface area contributed by atoms with Gasteiger partial charge in [-0.3, -0.25) is 9.79 Å². The molecule has 3 rings (SSSR count). The maximum atomic E-state index is 14.5. The fourth-order valence-corrected chi connectivity index (χ4v) is 5.63. The van der Waals surface area contributed by atoms with Crippen LogP contribution in [-0.2, 0) is 10.2 Å². The first-order chi connectivity index (χ1) is 24.0. The van der Waals surface area contributed by atoms with Crippen LogP contribution in [0.25, 0.3) is 5.57 Å². The largest absolute Gasteiger partial charge is 0.356 e. The minimum atomic E-state index is -0.545. The molecule has 1 heterocycles. The summed E-state index contributed by atoms with van der Waals surface area (Å²) in [6.45, 7) is 38.9. The Bertz CT molecular complexity index is 1420. The Morgan fingerprint density at radius 1 is 1.02 bits per heavy atom. The van der Waals surface area contributed by atoms with E-state index in [9.17, 15) is 9.18 Å². The molecule has 286 valence electrons. The monoisotopic (exact) mass is 704 g/mol. The molecule has 2 aliphatic rings. The van der Waals surface area contributed by atoms with Crippen molar-refractivity contribution in [3.05, 3.63) is 94.8 Å². The van der Waals surface area contributed by atoms with Crippen molar-refractivity contribution in [1.82, 2.24) is 5.32 Å². The zero-order chi connectivity index (χ0) is 39.5. The molecular formula is C46H74FN3O. The van der Waals surface area contributed by atoms with Gasteiger partial charge >= 0.3 is 0 Å². The van der Waals surface area contributed by atoms with Crippen LogP contribution in [0.4, 0.5) is 10.1 Å². The number of fused-ring (bicyclic) bond motifs is 1. The minimum Gasteiger partial charge on any atom is -0.356 e. The predicted octanol–water partition coefficient (Wildman–Crippen LogP) is 14.0. The SMILES string of the molecule is C=C/C(F)=C(\C=C(C)C)N/C(C)=C(C)/C(=C\C(=C)c1ccc2c(c1)N(C1CC(CCC)C1)C(=O)C2(C)C)N=CCC.CC.CC(C)C.CCCC. The van der Waals surface area contributed by atoms with Gasteiger partial charge in [-0.1, -0.05) is 119 Å². The van der Waals surface area contributed by atoms with Gasteiger partial charge in [-0.25, -0.2) is 4.39 Å². The molecule has 1 N–H and O–H groups in total. The van der Waals surface area contributed by atoms with Gasteiger partial charge in [0, 0.05) is 23.6 Å². The van der Waals surface area contributed by atoms with Gasteiger partial charge in [0.05, 0.1) is 16.8 Å². The summed E-state index contributed by atoms with van der Waals surface area (Å²) in [6, 6.07) is 6.52. The number of carbonyl (C=O) groups excluding carboxylic acids is 1. The van der Waals surface area contributed by atoms with Crippen LogP contribution >= 0.6 is 0 Å². The van der Waals surface area contributed by atoms with Gasteiger partial charge in [0.1, 0.15) is 5.83 Å². The smallest absolute Gasteiger partial charge is 0.237 e. The Labute approximate surface area is 313 Å². The third-order valence-corrected chi connectivity index (χ3v) is 8.69. The second-order valence-corrected chi connectivity index (χ2v) is 14.9. The number of anilines is 1. The van der Waals surface area contributed by atoms with E-state index in [4.69, 9.17) is 4.99 Å². The molecule has 4 nitrogen and oxygen atoms in total. The number of amides is 1. The fourth-order valence-electron chi connectivity index (χ4n) is 5.63. The van der Waals surface area contributed by atoms with E-state index < -0.39 is 11.2 Å². The molecular weight excluding hydrogens is 630 g/mol. The van der Waals surface area contributed by atoms with Crippen molar-refractivity contribution in [2.45, 2.75) is 160 Å². The van der Waals surface area contributed by atoms with Gasteiger partial charge in [0.25, 0.3) is 0 Å². The molecule has 1 aliphatic carbocycles. The number of benzene rings is 1. The van der Waals surface area contributed by atoms with Gasteiger partial charge in [0.2, 0.25) is 5.91 Å². The van der Waals surface area contributed by atoms with Crippen molar-refractivity contribution in [1.29, 1.82) is 0 Å². The summed E-state index contributed by atoms with van der Waals surface area (Å²) in [6.07, 6.45) is 14.8. The van der Waals surface area contributed by atoms with Crippen LogP contribution in [0.1, 0.15) is 160 Å². The first-order valence-electron chi connectivity index (χ1n) is 19.5. The van der Waals surface area contributed by atoms with Crippen molar-refractivity contribution in [3.63, 3.8) is 0 Å². The van der Waals surface area contributed by atoms with Crippen molar-refractivity contribution in [2.24, 2.45) is 16.8 Å². The summed E-state index contributed by atoms with van der Waals surface area (Å²) >= 11 is 0. The molecule has 1 aliphatic heterocycles. The van der Waals surface area contributed by atoms with Crippen LogP contribution in [-0.4, -0.2) is 18.2 Å². The highest BCUT2D eigenvalue weighted by molar-refractivity contribution is 6.08. The molecule has 1 saturated carbocycles. The van der Waals surface area contributed by atoms with Crippen LogP contribution in [0.5, 0.6) is 0 Å². The molecule has 1 fully saturated rings. The van der Waals surface area contributed by atoms with Crippen LogP contribution < -0.4 is 10.2 Å². The number of nitrogens with zero attached hydrogens (tertiary/aromatic N) is 2. The summed E-state index contributed by atoms with van der Waals surface area (Å²) < 4.78 is 14.5. The van der Waals surface area contributed by atoms with E-state index in [0.717, 1.165) is 70.1 Å².